The molecule has 6 heteroatoms. The molecular formula is C12H21N3O3. The van der Waals surface area contributed by atoms with E-state index in [9.17, 15) is 14.4 Å². The van der Waals surface area contributed by atoms with Gasteiger partial charge >= 0.3 is 11.4 Å². The van der Waals surface area contributed by atoms with Crippen LogP contribution in [0.1, 0.15) is 57.2 Å². The van der Waals surface area contributed by atoms with Crippen molar-refractivity contribution < 1.29 is 4.79 Å². The summed E-state index contributed by atoms with van der Waals surface area (Å²) in [6.45, 7) is 4.38. The second-order valence-electron chi connectivity index (χ2n) is 4.39. The molecule has 1 aromatic heterocycles. The number of aromatic amines is 1. The molecule has 18 heavy (non-hydrogen) atoms. The monoisotopic (exact) mass is 255 g/mol. The second kappa shape index (κ2) is 6.98. The van der Waals surface area contributed by atoms with Gasteiger partial charge in [-0.25, -0.2) is 19.3 Å². The molecule has 0 atom stereocenters. The summed E-state index contributed by atoms with van der Waals surface area (Å²) >= 11 is 0. The van der Waals surface area contributed by atoms with Crippen molar-refractivity contribution in [1.82, 2.24) is 14.3 Å². The Kier molecular flexibility index (Phi) is 5.61. The average molecular weight is 255 g/mol. The Morgan fingerprint density at radius 2 is 1.78 bits per heavy atom. The fourth-order valence-corrected chi connectivity index (χ4v) is 1.73. The van der Waals surface area contributed by atoms with Gasteiger partial charge in [0.1, 0.15) is 0 Å². The van der Waals surface area contributed by atoms with Gasteiger partial charge in [0.25, 0.3) is 0 Å². The Balaban J connectivity index is 2.81. The normalized spacial score (nSPS) is 10.8. The summed E-state index contributed by atoms with van der Waals surface area (Å²) in [5.74, 6) is -0.333. The quantitative estimate of drug-likeness (QED) is 0.747. The van der Waals surface area contributed by atoms with Gasteiger partial charge in [-0.15, -0.1) is 0 Å². The molecule has 1 aromatic rings. The van der Waals surface area contributed by atoms with Gasteiger partial charge in [0, 0.05) is 13.0 Å². The molecule has 102 valence electrons. The fraction of sp³-hybridized carbons (Fsp3) is 0.750. The van der Waals surface area contributed by atoms with E-state index in [1.54, 1.807) is 0 Å². The van der Waals surface area contributed by atoms with E-state index in [1.165, 1.54) is 0 Å². The number of H-pyrrole nitrogens is 1. The van der Waals surface area contributed by atoms with Gasteiger partial charge in [-0.2, -0.15) is 4.68 Å². The number of nitrogens with zero attached hydrogens (tertiary/aromatic N) is 2. The minimum absolute atomic E-state index is 0.293. The van der Waals surface area contributed by atoms with Crippen molar-refractivity contribution in [3.8, 4) is 0 Å². The lowest BCUT2D eigenvalue weighted by Crippen LogP contribution is -2.31. The van der Waals surface area contributed by atoms with Crippen LogP contribution in [0, 0.1) is 0 Å². The highest BCUT2D eigenvalue weighted by molar-refractivity contribution is 5.77. The van der Waals surface area contributed by atoms with Crippen LogP contribution in [0.5, 0.6) is 0 Å². The van der Waals surface area contributed by atoms with Gasteiger partial charge in [0.15, 0.2) is 0 Å². The third-order valence-electron chi connectivity index (χ3n) is 2.85. The number of carbonyl (C=O) groups is 1. The first kappa shape index (κ1) is 14.5. The Labute approximate surface area is 106 Å². The average Bonchev–Trinajstić information content (AvgIpc) is 2.63. The SMILES string of the molecule is CCCCCC(=O)n1[nH]c(=O)n(CCCC)c1=O. The summed E-state index contributed by atoms with van der Waals surface area (Å²) in [5, 5.41) is 2.31. The molecule has 0 aliphatic carbocycles. The molecule has 0 aromatic carbocycles. The van der Waals surface area contributed by atoms with E-state index < -0.39 is 11.4 Å². The molecule has 0 fully saturated rings. The highest BCUT2D eigenvalue weighted by atomic mass is 16.2. The molecule has 0 saturated carbocycles. The van der Waals surface area contributed by atoms with E-state index >= 15 is 0 Å². The molecule has 0 aliphatic heterocycles. The van der Waals surface area contributed by atoms with Crippen molar-refractivity contribution in [1.29, 1.82) is 0 Å². The maximum atomic E-state index is 11.8. The standard InChI is InChI=1S/C12H21N3O3/c1-3-5-7-8-10(16)15-12(18)14(9-6-4-2)11(17)13-15/h3-9H2,1-2H3,(H,13,17). The van der Waals surface area contributed by atoms with E-state index in [-0.39, 0.29) is 5.91 Å². The third-order valence-corrected chi connectivity index (χ3v) is 2.85. The predicted octanol–water partition coefficient (Wildman–Crippen LogP) is 1.36. The Bertz CT molecular complexity index is 495. The van der Waals surface area contributed by atoms with Crippen LogP contribution in [0.2, 0.25) is 0 Å². The maximum Gasteiger partial charge on any atom is 0.354 e. The number of carbonyl (C=O) groups excluding carboxylic acids is 1. The van der Waals surface area contributed by atoms with Crippen molar-refractivity contribution in [2.75, 3.05) is 0 Å². The van der Waals surface area contributed by atoms with Crippen molar-refractivity contribution in [2.24, 2.45) is 0 Å². The van der Waals surface area contributed by atoms with Crippen LogP contribution in [0.4, 0.5) is 0 Å². The van der Waals surface area contributed by atoms with Crippen molar-refractivity contribution in [3.63, 3.8) is 0 Å². The highest BCUT2D eigenvalue weighted by Crippen LogP contribution is 1.99. The van der Waals surface area contributed by atoms with E-state index in [4.69, 9.17) is 0 Å². The molecule has 1 N–H and O–H groups in total. The number of aromatic nitrogens is 3. The van der Waals surface area contributed by atoms with Crippen molar-refractivity contribution in [2.45, 2.75) is 58.9 Å². The van der Waals surface area contributed by atoms with Gasteiger partial charge in [0.05, 0.1) is 0 Å². The smallest absolute Gasteiger partial charge is 0.272 e. The first-order valence-electron chi connectivity index (χ1n) is 6.56. The molecule has 0 aliphatic rings. The van der Waals surface area contributed by atoms with E-state index in [1.807, 2.05) is 13.8 Å². The molecule has 0 unspecified atom stereocenters. The summed E-state index contributed by atoms with van der Waals surface area (Å²) < 4.78 is 1.93. The lowest BCUT2D eigenvalue weighted by molar-refractivity contribution is 0.0877. The van der Waals surface area contributed by atoms with E-state index in [0.29, 0.717) is 13.0 Å². The Morgan fingerprint density at radius 3 is 2.39 bits per heavy atom. The zero-order valence-corrected chi connectivity index (χ0v) is 11.1. The first-order chi connectivity index (χ1) is 8.61. The number of hydrogen-bond acceptors (Lipinski definition) is 3. The van der Waals surface area contributed by atoms with E-state index in [2.05, 4.69) is 5.10 Å². The number of hydrogen-bond donors (Lipinski definition) is 1. The number of rotatable bonds is 7. The van der Waals surface area contributed by atoms with Crippen LogP contribution < -0.4 is 11.4 Å². The van der Waals surface area contributed by atoms with Crippen LogP contribution in [-0.4, -0.2) is 20.3 Å². The van der Waals surface area contributed by atoms with E-state index in [0.717, 1.165) is 41.4 Å². The zero-order chi connectivity index (χ0) is 13.5. The van der Waals surface area contributed by atoms with Crippen molar-refractivity contribution >= 4 is 5.91 Å². The molecule has 0 bridgehead atoms. The van der Waals surface area contributed by atoms with Gasteiger partial charge in [-0.3, -0.25) is 4.79 Å². The summed E-state index contributed by atoms with van der Waals surface area (Å²) in [7, 11) is 0. The van der Waals surface area contributed by atoms with Gasteiger partial charge in [0.2, 0.25) is 5.91 Å². The van der Waals surface area contributed by atoms with Crippen LogP contribution >= 0.6 is 0 Å². The number of unbranched alkanes of at least 4 members (excludes halogenated alkanes) is 3. The topological polar surface area (TPSA) is 76.9 Å². The second-order valence-corrected chi connectivity index (χ2v) is 4.39. The Hall–Kier alpha value is -1.59. The van der Waals surface area contributed by atoms with Crippen LogP contribution in [0.25, 0.3) is 0 Å². The molecule has 6 nitrogen and oxygen atoms in total. The van der Waals surface area contributed by atoms with Gasteiger partial charge in [-0.1, -0.05) is 33.1 Å². The summed E-state index contributed by atoms with van der Waals surface area (Å²) in [6, 6.07) is 0. The summed E-state index contributed by atoms with van der Waals surface area (Å²) in [4.78, 5) is 35.1. The first-order valence-corrected chi connectivity index (χ1v) is 6.56. The largest absolute Gasteiger partial charge is 0.354 e. The summed E-state index contributed by atoms with van der Waals surface area (Å²) in [5.41, 5.74) is -1.05. The molecule has 1 rings (SSSR count). The Morgan fingerprint density at radius 1 is 1.11 bits per heavy atom. The van der Waals surface area contributed by atoms with Crippen molar-refractivity contribution in [3.05, 3.63) is 21.0 Å². The van der Waals surface area contributed by atoms with Gasteiger partial charge in [-0.05, 0) is 12.8 Å². The fourth-order valence-electron chi connectivity index (χ4n) is 1.73. The highest BCUT2D eigenvalue weighted by Gasteiger charge is 2.13. The lowest BCUT2D eigenvalue weighted by atomic mass is 10.2. The molecule has 0 saturated heterocycles. The van der Waals surface area contributed by atoms with Crippen LogP contribution in [0.3, 0.4) is 0 Å². The zero-order valence-electron chi connectivity index (χ0n) is 11.1. The lowest BCUT2D eigenvalue weighted by Gasteiger charge is -1.99. The molecule has 0 amide bonds. The number of nitrogens with one attached hydrogen (secondary N) is 1. The van der Waals surface area contributed by atoms with Gasteiger partial charge < -0.3 is 0 Å². The minimum atomic E-state index is -0.546. The predicted molar refractivity (Wildman–Crippen MR) is 69.0 cm³/mol. The maximum absolute atomic E-state index is 11.8. The third kappa shape index (κ3) is 3.45. The summed E-state index contributed by atoms with van der Waals surface area (Å²) in [6.07, 6.45) is 4.63. The molecule has 0 radical (unpaired) electrons. The molecule has 0 spiro atoms. The minimum Gasteiger partial charge on any atom is -0.272 e. The molecule has 1 heterocycles. The van der Waals surface area contributed by atoms with Crippen LogP contribution in [-0.2, 0) is 6.54 Å². The molecular weight excluding hydrogens is 234 g/mol. The van der Waals surface area contributed by atoms with Crippen LogP contribution in [0.15, 0.2) is 9.59 Å².